The molecule has 1 aromatic heterocycles. The summed E-state index contributed by atoms with van der Waals surface area (Å²) in [5.41, 5.74) is 1.34. The van der Waals surface area contributed by atoms with Gasteiger partial charge in [0, 0.05) is 34.4 Å². The summed E-state index contributed by atoms with van der Waals surface area (Å²) in [5, 5.41) is 19.9. The molecule has 1 saturated heterocycles. The van der Waals surface area contributed by atoms with Crippen molar-refractivity contribution in [2.75, 3.05) is 40.1 Å². The molecule has 12 nitrogen and oxygen atoms in total. The number of nitrogens with one attached hydrogen (secondary N) is 1. The third kappa shape index (κ3) is 6.23. The molecule has 55 heavy (non-hydrogen) atoms. The number of aromatic nitrogens is 1. The van der Waals surface area contributed by atoms with Gasteiger partial charge < -0.3 is 28.8 Å². The Kier molecular flexibility index (Phi) is 9.93. The van der Waals surface area contributed by atoms with Crippen LogP contribution in [-0.4, -0.2) is 92.3 Å². The molecule has 0 radical (unpaired) electrons. The van der Waals surface area contributed by atoms with E-state index in [4.69, 9.17) is 18.4 Å². The molecule has 294 valence electrons. The second-order valence-corrected chi connectivity index (χ2v) is 22.1. The Hall–Kier alpha value is -4.30. The van der Waals surface area contributed by atoms with Crippen LogP contribution >= 0.6 is 0 Å². The molecule has 3 aromatic rings. The number of fused-ring (bicyclic) bond motifs is 4. The molecule has 4 aliphatic rings. The van der Waals surface area contributed by atoms with Crippen LogP contribution in [0.5, 0.6) is 11.6 Å². The van der Waals surface area contributed by atoms with Crippen LogP contribution in [0, 0.1) is 18.8 Å². The minimum atomic E-state index is -2.88. The van der Waals surface area contributed by atoms with Gasteiger partial charge in [-0.15, -0.1) is 0 Å². The highest BCUT2D eigenvalue weighted by molar-refractivity contribution is 6.74. The Morgan fingerprint density at radius 1 is 1.16 bits per heavy atom. The van der Waals surface area contributed by atoms with E-state index in [1.807, 2.05) is 81.3 Å². The number of ketones is 2. The second-order valence-electron chi connectivity index (χ2n) is 17.4. The number of amides is 1. The number of likely N-dealkylation sites (tertiary alicyclic amines) is 1. The number of hydrogen-bond acceptors (Lipinski definition) is 11. The maximum atomic E-state index is 15.5. The van der Waals surface area contributed by atoms with Gasteiger partial charge in [0.15, 0.2) is 25.5 Å². The standard InChI is InChI=1S/C42H54N4O8Si/c1-23-28(43-39(50)29-17-14-18-46(29)7)21-30(51-8)26-19-25-20-27-34(45(5)6)36-33(40(44-53-36)52-22-24-15-12-11-13-16-24)38(49)42(27,54-55(9,10)41(2,3)4)37(48)32(25)35(47)31(23)26/h11-13,15-16,21,25,27,29,34,48H,14,17-20,22H2,1-10H3,(H,43,50)/t25-,27-,29-,34-,42-/m0/s1. The fraction of sp³-hybridized carbons (Fsp3) is 0.524. The lowest BCUT2D eigenvalue weighted by Gasteiger charge is -2.55. The van der Waals surface area contributed by atoms with Crippen LogP contribution in [0.25, 0.3) is 0 Å². The number of benzene rings is 2. The minimum Gasteiger partial charge on any atom is -0.508 e. The first-order valence-electron chi connectivity index (χ1n) is 19.2. The van der Waals surface area contributed by atoms with Crippen molar-refractivity contribution in [2.45, 2.75) is 95.8 Å². The summed E-state index contributed by atoms with van der Waals surface area (Å²) in [4.78, 5) is 48.1. The summed E-state index contributed by atoms with van der Waals surface area (Å²) in [6, 6.07) is 10.5. The molecule has 2 aromatic carbocycles. The third-order valence-corrected chi connectivity index (χ3v) is 17.3. The molecule has 0 unspecified atom stereocenters. The summed E-state index contributed by atoms with van der Waals surface area (Å²) < 4.78 is 25.4. The fourth-order valence-corrected chi connectivity index (χ4v) is 10.4. The second kappa shape index (κ2) is 14.0. The first kappa shape index (κ1) is 39.0. The van der Waals surface area contributed by atoms with Crippen molar-refractivity contribution in [3.8, 4) is 11.6 Å². The summed E-state index contributed by atoms with van der Waals surface area (Å²) in [5.74, 6) is -1.72. The Morgan fingerprint density at radius 2 is 1.87 bits per heavy atom. The van der Waals surface area contributed by atoms with Crippen LogP contribution in [0.2, 0.25) is 18.1 Å². The largest absolute Gasteiger partial charge is 0.508 e. The highest BCUT2D eigenvalue weighted by atomic mass is 28.4. The van der Waals surface area contributed by atoms with Gasteiger partial charge in [-0.25, -0.2) is 0 Å². The summed E-state index contributed by atoms with van der Waals surface area (Å²) in [6.07, 6.45) is 2.39. The summed E-state index contributed by atoms with van der Waals surface area (Å²) >= 11 is 0. The minimum absolute atomic E-state index is 0.0153. The maximum absolute atomic E-state index is 15.5. The molecule has 3 aliphatic carbocycles. The monoisotopic (exact) mass is 770 g/mol. The number of ether oxygens (including phenoxy) is 2. The van der Waals surface area contributed by atoms with Gasteiger partial charge in [0.25, 0.3) is 5.88 Å². The number of carbonyl (C=O) groups is 3. The van der Waals surface area contributed by atoms with Crippen molar-refractivity contribution < 1.29 is 37.9 Å². The molecule has 0 spiro atoms. The van der Waals surface area contributed by atoms with Crippen molar-refractivity contribution in [1.82, 2.24) is 15.0 Å². The molecule has 7 rings (SSSR count). The SMILES string of the molecule is COc1cc(NC(=O)[C@@H]2CCCN2C)c(C)c2c1C[C@H]1C[C@H]3[C@H](N(C)C)c4onc(OCc5ccccc5)c4C(=O)[C@@]3(O[Si](C)(C)C(C)(C)C)C(O)=C1C2=O. The van der Waals surface area contributed by atoms with E-state index in [1.165, 1.54) is 0 Å². The smallest absolute Gasteiger partial charge is 0.265 e. The topological polar surface area (TPSA) is 144 Å². The predicted octanol–water partition coefficient (Wildman–Crippen LogP) is 7.05. The van der Waals surface area contributed by atoms with Crippen molar-refractivity contribution in [1.29, 1.82) is 0 Å². The predicted molar refractivity (Wildman–Crippen MR) is 210 cm³/mol. The zero-order valence-electron chi connectivity index (χ0n) is 33.7. The van der Waals surface area contributed by atoms with Gasteiger partial charge in [0.1, 0.15) is 23.7 Å². The number of Topliss-reactive ketones (excluding diaryl/α,β-unsaturated/α-hetero) is 2. The molecule has 2 N–H and O–H groups in total. The van der Waals surface area contributed by atoms with Crippen molar-refractivity contribution in [2.24, 2.45) is 11.8 Å². The first-order chi connectivity index (χ1) is 25.9. The van der Waals surface area contributed by atoms with Crippen LogP contribution in [0.4, 0.5) is 5.69 Å². The number of methoxy groups -OCH3 is 1. The van der Waals surface area contributed by atoms with Gasteiger partial charge in [-0.3, -0.25) is 24.2 Å². The highest BCUT2D eigenvalue weighted by Crippen LogP contribution is 2.60. The van der Waals surface area contributed by atoms with Gasteiger partial charge in [-0.2, -0.15) is 0 Å². The first-order valence-corrected chi connectivity index (χ1v) is 22.1. The highest BCUT2D eigenvalue weighted by Gasteiger charge is 2.67. The van der Waals surface area contributed by atoms with E-state index in [2.05, 4.69) is 31.2 Å². The van der Waals surface area contributed by atoms with Gasteiger partial charge in [-0.1, -0.05) is 51.1 Å². The molecule has 1 aliphatic heterocycles. The number of aliphatic hydroxyl groups is 1. The van der Waals surface area contributed by atoms with Crippen LogP contribution in [0.3, 0.4) is 0 Å². The third-order valence-electron chi connectivity index (χ3n) is 12.9. The van der Waals surface area contributed by atoms with Gasteiger partial charge in [0.2, 0.25) is 11.7 Å². The normalized spacial score (nSPS) is 25.4. The van der Waals surface area contributed by atoms with Crippen molar-refractivity contribution in [3.05, 3.63) is 81.3 Å². The van der Waals surface area contributed by atoms with Crippen LogP contribution in [0.1, 0.15) is 89.2 Å². The number of carbonyl (C=O) groups excluding carboxylic acids is 3. The number of hydrogen-bond donors (Lipinski definition) is 2. The molecular formula is C42H54N4O8Si. The van der Waals surface area contributed by atoms with Crippen LogP contribution in [0.15, 0.2) is 52.3 Å². The van der Waals surface area contributed by atoms with Crippen molar-refractivity contribution in [3.63, 3.8) is 0 Å². The summed E-state index contributed by atoms with van der Waals surface area (Å²) in [7, 11) is 4.41. The zero-order valence-corrected chi connectivity index (χ0v) is 34.7. The summed E-state index contributed by atoms with van der Waals surface area (Å²) in [6.45, 7) is 13.1. The molecule has 0 bridgehead atoms. The average molecular weight is 771 g/mol. The van der Waals surface area contributed by atoms with E-state index in [1.54, 1.807) is 13.2 Å². The van der Waals surface area contributed by atoms with Gasteiger partial charge in [-0.05, 0) is 101 Å². The Labute approximate surface area is 324 Å². The molecular weight excluding hydrogens is 717 g/mol. The molecule has 2 heterocycles. The van der Waals surface area contributed by atoms with E-state index in [9.17, 15) is 9.90 Å². The Bertz CT molecular complexity index is 2070. The van der Waals surface area contributed by atoms with E-state index in [0.717, 1.165) is 24.9 Å². The molecule has 13 heteroatoms. The van der Waals surface area contributed by atoms with Gasteiger partial charge in [0.05, 0.1) is 19.2 Å². The lowest BCUT2D eigenvalue weighted by molar-refractivity contribution is -0.119. The molecule has 1 fully saturated rings. The number of rotatable bonds is 9. The Morgan fingerprint density at radius 3 is 2.49 bits per heavy atom. The van der Waals surface area contributed by atoms with Crippen molar-refractivity contribution >= 4 is 31.5 Å². The fourth-order valence-electron chi connectivity index (χ4n) is 8.95. The average Bonchev–Trinajstić information content (AvgIpc) is 3.75. The lowest BCUT2D eigenvalue weighted by atomic mass is 9.58. The number of nitrogens with zero attached hydrogens (tertiary/aromatic N) is 3. The van der Waals surface area contributed by atoms with E-state index >= 15 is 9.59 Å². The maximum Gasteiger partial charge on any atom is 0.265 e. The Balaban J connectivity index is 1.40. The van der Waals surface area contributed by atoms with Gasteiger partial charge >= 0.3 is 0 Å². The zero-order chi connectivity index (χ0) is 39.8. The quantitative estimate of drug-likeness (QED) is 0.216. The lowest BCUT2D eigenvalue weighted by Crippen LogP contribution is -2.65. The number of aliphatic hydroxyl groups excluding tert-OH is 1. The van der Waals surface area contributed by atoms with E-state index in [-0.39, 0.29) is 46.4 Å². The van der Waals surface area contributed by atoms with Crippen LogP contribution < -0.4 is 14.8 Å². The molecule has 0 saturated carbocycles. The van der Waals surface area contributed by atoms with E-state index in [0.29, 0.717) is 46.7 Å². The van der Waals surface area contributed by atoms with Crippen LogP contribution in [-0.2, 0) is 22.2 Å². The van der Waals surface area contributed by atoms with E-state index < -0.39 is 43.4 Å². The number of anilines is 1. The number of likely N-dealkylation sites (N-methyl/N-ethyl adjacent to an activating group) is 1. The molecule has 5 atom stereocenters. The molecule has 1 amide bonds. The number of allylic oxidation sites excluding steroid dienone is 1.